The van der Waals surface area contributed by atoms with Gasteiger partial charge in [0.25, 0.3) is 0 Å². The molecule has 2 rings (SSSR count). The highest BCUT2D eigenvalue weighted by atomic mass is 16.6. The van der Waals surface area contributed by atoms with E-state index >= 15 is 0 Å². The van der Waals surface area contributed by atoms with Crippen molar-refractivity contribution in [2.24, 2.45) is 0 Å². The molecule has 2 heterocycles. The molecule has 3 unspecified atom stereocenters. The minimum atomic E-state index is -0.851. The summed E-state index contributed by atoms with van der Waals surface area (Å²) in [5.41, 5.74) is 0.969. The fraction of sp³-hybridized carbons (Fsp3) is 0.800. The van der Waals surface area contributed by atoms with Gasteiger partial charge in [-0.1, -0.05) is 11.6 Å². The summed E-state index contributed by atoms with van der Waals surface area (Å²) < 4.78 is 10.8. The number of carboxylic acids is 1. The topological polar surface area (TPSA) is 62.4 Å². The van der Waals surface area contributed by atoms with Gasteiger partial charge in [-0.3, -0.25) is 0 Å². The zero-order valence-electron chi connectivity index (χ0n) is 12.2. The highest BCUT2D eigenvalue weighted by Crippen LogP contribution is 2.41. The fourth-order valence-corrected chi connectivity index (χ4v) is 2.54. The Kier molecular flexibility index (Phi) is 3.76. The monoisotopic (exact) mass is 268 g/mol. The first-order valence-corrected chi connectivity index (χ1v) is 6.99. The lowest BCUT2D eigenvalue weighted by Crippen LogP contribution is -2.16. The maximum atomic E-state index is 10.8. The van der Waals surface area contributed by atoms with E-state index in [-0.39, 0.29) is 5.60 Å². The highest BCUT2D eigenvalue weighted by molar-refractivity contribution is 5.77. The van der Waals surface area contributed by atoms with E-state index in [1.807, 2.05) is 6.92 Å². The Bertz CT molecular complexity index is 399. The third-order valence-corrected chi connectivity index (χ3v) is 4.21. The van der Waals surface area contributed by atoms with Crippen molar-refractivity contribution in [3.8, 4) is 0 Å². The van der Waals surface area contributed by atoms with E-state index in [1.54, 1.807) is 0 Å². The number of carbonyl (C=O) groups is 1. The Labute approximate surface area is 114 Å². The average molecular weight is 268 g/mol. The van der Waals surface area contributed by atoms with Crippen LogP contribution in [0, 0.1) is 0 Å². The largest absolute Gasteiger partial charge is 0.479 e. The summed E-state index contributed by atoms with van der Waals surface area (Å²) in [6.07, 6.45) is 5.75. The molecule has 0 aliphatic carbocycles. The maximum Gasteiger partial charge on any atom is 0.335 e. The van der Waals surface area contributed by atoms with Crippen LogP contribution in [0.4, 0.5) is 0 Å². The molecule has 1 N–H and O–H groups in total. The summed E-state index contributed by atoms with van der Waals surface area (Å²) in [4.78, 5) is 10.8. The van der Waals surface area contributed by atoms with Gasteiger partial charge in [-0.15, -0.1) is 0 Å². The summed E-state index contributed by atoms with van der Waals surface area (Å²) in [5.74, 6) is -0.851. The molecule has 3 atom stereocenters. The van der Waals surface area contributed by atoms with E-state index in [0.29, 0.717) is 6.10 Å². The van der Waals surface area contributed by atoms with Crippen molar-refractivity contribution in [2.75, 3.05) is 0 Å². The summed E-state index contributed by atoms with van der Waals surface area (Å²) in [6.45, 7) is 8.23. The van der Waals surface area contributed by atoms with Crippen molar-refractivity contribution in [2.45, 2.75) is 76.8 Å². The van der Waals surface area contributed by atoms with Gasteiger partial charge in [-0.25, -0.2) is 4.79 Å². The molecular weight excluding hydrogens is 244 g/mol. The van der Waals surface area contributed by atoms with Crippen LogP contribution in [0.5, 0.6) is 0 Å². The third kappa shape index (κ3) is 3.57. The van der Waals surface area contributed by atoms with Gasteiger partial charge in [0.15, 0.2) is 6.10 Å². The Morgan fingerprint density at radius 1 is 1.32 bits per heavy atom. The van der Waals surface area contributed by atoms with Crippen molar-refractivity contribution in [3.63, 3.8) is 0 Å². The van der Waals surface area contributed by atoms with Gasteiger partial charge < -0.3 is 14.6 Å². The second-order valence-electron chi connectivity index (χ2n) is 6.49. The second kappa shape index (κ2) is 4.91. The molecule has 0 saturated carbocycles. The van der Waals surface area contributed by atoms with Gasteiger partial charge in [0.05, 0.1) is 11.7 Å². The molecule has 0 aromatic rings. The molecule has 19 heavy (non-hydrogen) atoms. The maximum absolute atomic E-state index is 10.8. The molecule has 0 bridgehead atoms. The zero-order chi connectivity index (χ0) is 14.3. The molecule has 4 nitrogen and oxygen atoms in total. The Morgan fingerprint density at radius 2 is 1.95 bits per heavy atom. The van der Waals surface area contributed by atoms with E-state index in [4.69, 9.17) is 14.6 Å². The van der Waals surface area contributed by atoms with E-state index in [9.17, 15) is 4.79 Å². The Morgan fingerprint density at radius 3 is 2.42 bits per heavy atom. The Hall–Kier alpha value is -0.870. The Balaban J connectivity index is 1.64. The molecule has 0 aromatic carbocycles. The quantitative estimate of drug-likeness (QED) is 0.569. The summed E-state index contributed by atoms with van der Waals surface area (Å²) in [6, 6.07) is 0. The molecule has 2 aliphatic heterocycles. The lowest BCUT2D eigenvalue weighted by atomic mass is 9.99. The first-order chi connectivity index (χ1) is 8.74. The van der Waals surface area contributed by atoms with Crippen molar-refractivity contribution >= 4 is 5.97 Å². The molecule has 0 aromatic heterocycles. The zero-order valence-corrected chi connectivity index (χ0v) is 12.2. The van der Waals surface area contributed by atoms with Gasteiger partial charge in [0, 0.05) is 0 Å². The van der Waals surface area contributed by atoms with E-state index in [1.165, 1.54) is 5.57 Å². The molecule has 2 fully saturated rings. The van der Waals surface area contributed by atoms with E-state index in [2.05, 4.69) is 26.8 Å². The van der Waals surface area contributed by atoms with Crippen molar-refractivity contribution in [1.82, 2.24) is 0 Å². The summed E-state index contributed by atoms with van der Waals surface area (Å²) >= 11 is 0. The smallest absolute Gasteiger partial charge is 0.335 e. The third-order valence-electron chi connectivity index (χ3n) is 4.21. The van der Waals surface area contributed by atoms with Crippen LogP contribution < -0.4 is 0 Å². The van der Waals surface area contributed by atoms with Crippen LogP contribution in [0.15, 0.2) is 11.6 Å². The highest BCUT2D eigenvalue weighted by Gasteiger charge is 2.56. The van der Waals surface area contributed by atoms with Crippen molar-refractivity contribution in [1.29, 1.82) is 0 Å². The van der Waals surface area contributed by atoms with Crippen LogP contribution in [0.25, 0.3) is 0 Å². The molecule has 2 saturated heterocycles. The molecule has 0 amide bonds. The van der Waals surface area contributed by atoms with Crippen molar-refractivity contribution in [3.05, 3.63) is 11.6 Å². The number of aliphatic carboxylic acids is 1. The second-order valence-corrected chi connectivity index (χ2v) is 6.49. The first kappa shape index (κ1) is 14.5. The number of epoxide rings is 2. The number of rotatable bonds is 7. The number of carboxylic acid groups (broad SMARTS) is 1. The predicted molar refractivity (Wildman–Crippen MR) is 72.1 cm³/mol. The first-order valence-electron chi connectivity index (χ1n) is 6.99. The van der Waals surface area contributed by atoms with Crippen LogP contribution >= 0.6 is 0 Å². The van der Waals surface area contributed by atoms with Crippen LogP contribution in [0.1, 0.15) is 53.4 Å². The van der Waals surface area contributed by atoms with Gasteiger partial charge in [-0.05, 0) is 53.4 Å². The lowest BCUT2D eigenvalue weighted by molar-refractivity contribution is -0.138. The molecule has 4 heteroatoms. The summed E-state index contributed by atoms with van der Waals surface area (Å²) in [5, 5.41) is 8.84. The molecule has 2 aliphatic rings. The van der Waals surface area contributed by atoms with Gasteiger partial charge in [-0.2, -0.15) is 0 Å². The van der Waals surface area contributed by atoms with E-state index < -0.39 is 17.7 Å². The van der Waals surface area contributed by atoms with E-state index in [0.717, 1.165) is 25.7 Å². The van der Waals surface area contributed by atoms with Gasteiger partial charge in [0.2, 0.25) is 0 Å². The molecular formula is C15H24O4. The number of ether oxygens (including phenoxy) is 2. The predicted octanol–water partition coefficient (Wildman–Crippen LogP) is 2.91. The lowest BCUT2D eigenvalue weighted by Gasteiger charge is -2.04. The average Bonchev–Trinajstić information content (AvgIpc) is 3.13. The number of hydrogen-bond acceptors (Lipinski definition) is 3. The standard InChI is InChI=1S/C15H24O4/c1-10(7-8-11-14(2,3)18-11)6-5-9-15(4)12(19-15)13(16)17/h6,11-12H,5,7-9H2,1-4H3,(H,16,17)/b10-6+. The number of allylic oxidation sites excluding steroid dienone is 2. The van der Waals surface area contributed by atoms with Crippen molar-refractivity contribution < 1.29 is 19.4 Å². The molecule has 108 valence electrons. The van der Waals surface area contributed by atoms with Crippen LogP contribution in [0.3, 0.4) is 0 Å². The summed E-state index contributed by atoms with van der Waals surface area (Å²) in [7, 11) is 0. The molecule has 0 spiro atoms. The van der Waals surface area contributed by atoms with Crippen LogP contribution in [0.2, 0.25) is 0 Å². The van der Waals surface area contributed by atoms with Crippen LogP contribution in [-0.4, -0.2) is 34.5 Å². The fourth-order valence-electron chi connectivity index (χ4n) is 2.54. The van der Waals surface area contributed by atoms with Gasteiger partial charge in [0.1, 0.15) is 5.60 Å². The normalized spacial score (nSPS) is 36.1. The SMILES string of the molecule is C/C(=C\CCC1(C)OC1C(=O)O)CCC1OC1(C)C. The number of hydrogen-bond donors (Lipinski definition) is 1. The minimum Gasteiger partial charge on any atom is -0.479 e. The minimum absolute atomic E-state index is 0.0737. The van der Waals surface area contributed by atoms with Gasteiger partial charge >= 0.3 is 5.97 Å². The molecule has 0 radical (unpaired) electrons. The van der Waals surface area contributed by atoms with Crippen LogP contribution in [-0.2, 0) is 14.3 Å².